The number of nitrogens with zero attached hydrogens (tertiary/aromatic N) is 1. The molecule has 1 N–H and O–H groups in total. The number of anilines is 1. The van der Waals surface area contributed by atoms with Gasteiger partial charge in [0, 0.05) is 12.1 Å². The number of nitro groups is 1. The third-order valence-corrected chi connectivity index (χ3v) is 6.63. The monoisotopic (exact) mass is 450 g/mol. The maximum atomic E-state index is 13.0. The topological polar surface area (TPSA) is 106 Å². The Morgan fingerprint density at radius 1 is 0.931 bits per heavy atom. The lowest BCUT2D eigenvalue weighted by Crippen LogP contribution is -2.17. The molecule has 0 aliphatic rings. The van der Waals surface area contributed by atoms with E-state index in [2.05, 4.69) is 5.32 Å². The molecule has 29 heavy (non-hydrogen) atoms. The van der Waals surface area contributed by atoms with Crippen molar-refractivity contribution in [2.45, 2.75) is 9.79 Å². The van der Waals surface area contributed by atoms with Crippen LogP contribution < -0.4 is 5.32 Å². The second-order valence-electron chi connectivity index (χ2n) is 5.81. The number of hydrogen-bond donors (Lipinski definition) is 1. The zero-order chi connectivity index (χ0) is 21.2. The second-order valence-corrected chi connectivity index (χ2v) is 8.51. The van der Waals surface area contributed by atoms with Crippen LogP contribution in [0.4, 0.5) is 11.4 Å². The Morgan fingerprint density at radius 3 is 2.24 bits per heavy atom. The lowest BCUT2D eigenvalue weighted by atomic mass is 10.2. The van der Waals surface area contributed by atoms with Gasteiger partial charge in [0.05, 0.1) is 36.0 Å². The van der Waals surface area contributed by atoms with Gasteiger partial charge in [-0.1, -0.05) is 41.4 Å². The summed E-state index contributed by atoms with van der Waals surface area (Å²) in [7, 11) is -4.11. The van der Waals surface area contributed by atoms with Crippen LogP contribution in [0.15, 0.2) is 76.5 Å². The molecule has 0 aliphatic heterocycles. The van der Waals surface area contributed by atoms with Gasteiger partial charge in [-0.15, -0.1) is 0 Å². The molecule has 10 heteroatoms. The Hall–Kier alpha value is -2.94. The number of amides is 1. The van der Waals surface area contributed by atoms with Crippen LogP contribution in [0, 0.1) is 10.1 Å². The van der Waals surface area contributed by atoms with Crippen LogP contribution >= 0.6 is 23.2 Å². The summed E-state index contributed by atoms with van der Waals surface area (Å²) in [5.74, 6) is -0.699. The molecule has 148 valence electrons. The van der Waals surface area contributed by atoms with Gasteiger partial charge in [-0.25, -0.2) is 8.42 Å². The normalized spacial score (nSPS) is 11.1. The first-order valence-electron chi connectivity index (χ1n) is 8.06. The van der Waals surface area contributed by atoms with Crippen LogP contribution in [0.1, 0.15) is 10.4 Å². The molecule has 0 fully saturated rings. The summed E-state index contributed by atoms with van der Waals surface area (Å²) in [5.41, 5.74) is -0.126. The highest BCUT2D eigenvalue weighted by Gasteiger charge is 2.25. The smallest absolute Gasteiger partial charge is 0.269 e. The predicted octanol–water partition coefficient (Wildman–Crippen LogP) is 4.99. The van der Waals surface area contributed by atoms with Gasteiger partial charge in [0.2, 0.25) is 9.84 Å². The van der Waals surface area contributed by atoms with E-state index < -0.39 is 20.7 Å². The number of nitro benzene ring substituents is 1. The van der Waals surface area contributed by atoms with E-state index in [0.29, 0.717) is 0 Å². The van der Waals surface area contributed by atoms with Gasteiger partial charge >= 0.3 is 0 Å². The molecule has 0 radical (unpaired) electrons. The highest BCUT2D eigenvalue weighted by Crippen LogP contribution is 2.31. The Bertz CT molecular complexity index is 1210. The minimum atomic E-state index is -4.11. The van der Waals surface area contributed by atoms with Crippen molar-refractivity contribution in [3.63, 3.8) is 0 Å². The van der Waals surface area contributed by atoms with Crippen LogP contribution in [-0.2, 0) is 9.84 Å². The van der Waals surface area contributed by atoms with Gasteiger partial charge in [-0.3, -0.25) is 14.9 Å². The predicted molar refractivity (Wildman–Crippen MR) is 109 cm³/mol. The van der Waals surface area contributed by atoms with Crippen LogP contribution in [-0.4, -0.2) is 19.2 Å². The van der Waals surface area contributed by atoms with Crippen molar-refractivity contribution in [2.24, 2.45) is 0 Å². The van der Waals surface area contributed by atoms with Gasteiger partial charge in [0.1, 0.15) is 0 Å². The molecule has 0 atom stereocenters. The van der Waals surface area contributed by atoms with E-state index in [1.807, 2.05) is 0 Å². The maximum Gasteiger partial charge on any atom is 0.269 e. The van der Waals surface area contributed by atoms with Crippen molar-refractivity contribution in [1.82, 2.24) is 0 Å². The molecule has 0 spiro atoms. The van der Waals surface area contributed by atoms with Gasteiger partial charge in [-0.05, 0) is 36.4 Å². The number of carbonyl (C=O) groups is 1. The first-order valence-corrected chi connectivity index (χ1v) is 10.3. The van der Waals surface area contributed by atoms with Crippen LogP contribution in [0.3, 0.4) is 0 Å². The third kappa shape index (κ3) is 4.24. The minimum absolute atomic E-state index is 0.109. The summed E-state index contributed by atoms with van der Waals surface area (Å²) in [6.45, 7) is 0. The van der Waals surface area contributed by atoms with E-state index in [0.717, 1.165) is 24.3 Å². The third-order valence-electron chi connectivity index (χ3n) is 3.98. The Morgan fingerprint density at radius 2 is 1.59 bits per heavy atom. The van der Waals surface area contributed by atoms with E-state index >= 15 is 0 Å². The van der Waals surface area contributed by atoms with Crippen molar-refractivity contribution in [3.05, 3.63) is 92.5 Å². The molecular weight excluding hydrogens is 439 g/mol. The van der Waals surface area contributed by atoms with Gasteiger partial charge in [0.15, 0.2) is 0 Å². The van der Waals surface area contributed by atoms with Crippen molar-refractivity contribution in [1.29, 1.82) is 0 Å². The number of non-ortho nitro benzene ring substituents is 1. The summed E-state index contributed by atoms with van der Waals surface area (Å²) in [6.07, 6.45) is 0. The fraction of sp³-hybridized carbons (Fsp3) is 0. The molecule has 0 heterocycles. The molecule has 0 unspecified atom stereocenters. The summed E-state index contributed by atoms with van der Waals surface area (Å²) < 4.78 is 26.0. The summed E-state index contributed by atoms with van der Waals surface area (Å²) >= 11 is 12.0. The van der Waals surface area contributed by atoms with E-state index in [1.54, 1.807) is 12.1 Å². The zero-order valence-electron chi connectivity index (χ0n) is 14.5. The van der Waals surface area contributed by atoms with Crippen molar-refractivity contribution in [2.75, 3.05) is 5.32 Å². The molecule has 1 amide bonds. The first-order chi connectivity index (χ1) is 13.7. The average molecular weight is 451 g/mol. The van der Waals surface area contributed by atoms with Gasteiger partial charge in [0.25, 0.3) is 11.6 Å². The van der Waals surface area contributed by atoms with Crippen molar-refractivity contribution >= 4 is 50.3 Å². The Kier molecular flexibility index (Phi) is 5.88. The number of carbonyl (C=O) groups excluding carboxylic acids is 1. The molecule has 3 rings (SSSR count). The standard InChI is InChI=1S/C19H12Cl2N2O5S/c20-15-5-3-6-16(18(15)21)22-19(24)14-4-1-2-7-17(14)29(27,28)13-10-8-12(9-11-13)23(25)26/h1-11H,(H,22,24). The zero-order valence-corrected chi connectivity index (χ0v) is 16.8. The number of halogens is 2. The molecule has 7 nitrogen and oxygen atoms in total. The second kappa shape index (κ2) is 8.20. The Labute approximate surface area is 176 Å². The fourth-order valence-corrected chi connectivity index (χ4v) is 4.36. The number of sulfone groups is 1. The van der Waals surface area contributed by atoms with Crippen molar-refractivity contribution < 1.29 is 18.1 Å². The molecular formula is C19H12Cl2N2O5S. The Balaban J connectivity index is 2.00. The number of nitrogens with one attached hydrogen (secondary N) is 1. The maximum absolute atomic E-state index is 13.0. The van der Waals surface area contributed by atoms with Crippen LogP contribution in [0.25, 0.3) is 0 Å². The first kappa shape index (κ1) is 20.8. The molecule has 3 aromatic carbocycles. The largest absolute Gasteiger partial charge is 0.321 e. The molecule has 3 aromatic rings. The minimum Gasteiger partial charge on any atom is -0.321 e. The number of benzene rings is 3. The van der Waals surface area contributed by atoms with Crippen LogP contribution in [0.2, 0.25) is 10.0 Å². The quantitative estimate of drug-likeness (QED) is 0.435. The van der Waals surface area contributed by atoms with E-state index in [9.17, 15) is 23.3 Å². The molecule has 0 saturated heterocycles. The van der Waals surface area contributed by atoms with Crippen molar-refractivity contribution in [3.8, 4) is 0 Å². The molecule has 0 aromatic heterocycles. The lowest BCUT2D eigenvalue weighted by molar-refractivity contribution is -0.384. The highest BCUT2D eigenvalue weighted by molar-refractivity contribution is 7.91. The SMILES string of the molecule is O=C(Nc1cccc(Cl)c1Cl)c1ccccc1S(=O)(=O)c1ccc([N+](=O)[O-])cc1. The summed E-state index contributed by atoms with van der Waals surface area (Å²) in [6, 6.07) is 14.7. The molecule has 0 saturated carbocycles. The van der Waals surface area contributed by atoms with E-state index in [4.69, 9.17) is 23.2 Å². The highest BCUT2D eigenvalue weighted by atomic mass is 35.5. The van der Waals surface area contributed by atoms with Crippen LogP contribution in [0.5, 0.6) is 0 Å². The number of hydrogen-bond acceptors (Lipinski definition) is 5. The average Bonchev–Trinajstić information content (AvgIpc) is 2.71. The fourth-order valence-electron chi connectivity index (χ4n) is 2.55. The molecule has 0 bridgehead atoms. The van der Waals surface area contributed by atoms with E-state index in [1.165, 1.54) is 30.3 Å². The summed E-state index contributed by atoms with van der Waals surface area (Å²) in [5, 5.41) is 13.7. The van der Waals surface area contributed by atoms with Gasteiger partial charge in [-0.2, -0.15) is 0 Å². The molecule has 0 aliphatic carbocycles. The van der Waals surface area contributed by atoms with Gasteiger partial charge < -0.3 is 5.32 Å². The van der Waals surface area contributed by atoms with E-state index in [-0.39, 0.29) is 36.8 Å². The lowest BCUT2D eigenvalue weighted by Gasteiger charge is -2.12. The summed E-state index contributed by atoms with van der Waals surface area (Å²) in [4.78, 5) is 22.5. The number of rotatable bonds is 5.